The van der Waals surface area contributed by atoms with Gasteiger partial charge in [-0.1, -0.05) is 46.6 Å². The summed E-state index contributed by atoms with van der Waals surface area (Å²) < 4.78 is 6.78. The molecule has 0 aliphatic carbocycles. The van der Waals surface area contributed by atoms with Crippen molar-refractivity contribution < 1.29 is 9.53 Å². The molecule has 1 heterocycles. The van der Waals surface area contributed by atoms with Gasteiger partial charge in [0.25, 0.3) is 5.91 Å². The van der Waals surface area contributed by atoms with Crippen molar-refractivity contribution >= 4 is 34.8 Å². The van der Waals surface area contributed by atoms with Gasteiger partial charge in [0.1, 0.15) is 5.69 Å². The van der Waals surface area contributed by atoms with E-state index in [2.05, 4.69) is 15.6 Å². The molecule has 0 saturated carbocycles. The zero-order valence-electron chi connectivity index (χ0n) is 13.2. The Morgan fingerprint density at radius 1 is 1.16 bits per heavy atom. The summed E-state index contributed by atoms with van der Waals surface area (Å²) in [6.45, 7) is 0.187. The van der Waals surface area contributed by atoms with E-state index in [-0.39, 0.29) is 12.3 Å². The van der Waals surface area contributed by atoms with E-state index in [1.165, 1.54) is 0 Å². The van der Waals surface area contributed by atoms with Crippen LogP contribution in [0.4, 0.5) is 5.69 Å². The van der Waals surface area contributed by atoms with E-state index in [0.717, 1.165) is 5.69 Å². The second-order valence-corrected chi connectivity index (χ2v) is 5.96. The molecule has 0 saturated heterocycles. The highest BCUT2D eigenvalue weighted by atomic mass is 35.5. The van der Waals surface area contributed by atoms with Crippen molar-refractivity contribution in [3.8, 4) is 5.69 Å². The molecule has 8 heteroatoms. The summed E-state index contributed by atoms with van der Waals surface area (Å²) in [5.41, 5.74) is 2.02. The molecule has 0 unspecified atom stereocenters. The van der Waals surface area contributed by atoms with Crippen LogP contribution in [-0.4, -0.2) is 28.0 Å². The van der Waals surface area contributed by atoms with Crippen LogP contribution < -0.4 is 5.32 Å². The monoisotopic (exact) mass is 376 g/mol. The number of methoxy groups -OCH3 is 1. The fourth-order valence-corrected chi connectivity index (χ4v) is 2.58. The van der Waals surface area contributed by atoms with Crippen LogP contribution in [0.15, 0.2) is 48.5 Å². The number of aromatic nitrogens is 3. The molecule has 6 nitrogen and oxygen atoms in total. The van der Waals surface area contributed by atoms with Crippen LogP contribution in [0.1, 0.15) is 16.2 Å². The van der Waals surface area contributed by atoms with E-state index >= 15 is 0 Å². The maximum absolute atomic E-state index is 12.6. The van der Waals surface area contributed by atoms with E-state index in [0.29, 0.717) is 21.4 Å². The van der Waals surface area contributed by atoms with Crippen LogP contribution in [-0.2, 0) is 11.3 Å². The fraction of sp³-hybridized carbons (Fsp3) is 0.118. The van der Waals surface area contributed by atoms with Gasteiger partial charge >= 0.3 is 0 Å². The number of hydrogen-bond acceptors (Lipinski definition) is 4. The van der Waals surface area contributed by atoms with Gasteiger partial charge in [-0.25, -0.2) is 4.68 Å². The lowest BCUT2D eigenvalue weighted by atomic mass is 10.2. The zero-order valence-corrected chi connectivity index (χ0v) is 14.8. The predicted octanol–water partition coefficient (Wildman–Crippen LogP) is 3.97. The van der Waals surface area contributed by atoms with E-state index < -0.39 is 5.91 Å². The molecule has 128 valence electrons. The normalized spacial score (nSPS) is 10.7. The average molecular weight is 377 g/mol. The van der Waals surface area contributed by atoms with Crippen LogP contribution in [0.5, 0.6) is 0 Å². The third-order valence-electron chi connectivity index (χ3n) is 3.44. The van der Waals surface area contributed by atoms with Crippen LogP contribution >= 0.6 is 23.2 Å². The topological polar surface area (TPSA) is 69.0 Å². The SMILES string of the molecule is COCc1c(C(=O)Nc2ccc(Cl)c(Cl)c2)nnn1-c1ccccc1. The van der Waals surface area contributed by atoms with Crippen molar-refractivity contribution in [2.45, 2.75) is 6.61 Å². The first-order valence-corrected chi connectivity index (χ1v) is 8.11. The van der Waals surface area contributed by atoms with E-state index in [4.69, 9.17) is 27.9 Å². The number of para-hydroxylation sites is 1. The fourth-order valence-electron chi connectivity index (χ4n) is 2.28. The minimum Gasteiger partial charge on any atom is -0.378 e. The van der Waals surface area contributed by atoms with Gasteiger partial charge in [0.2, 0.25) is 0 Å². The Morgan fingerprint density at radius 3 is 2.60 bits per heavy atom. The van der Waals surface area contributed by atoms with Crippen molar-refractivity contribution in [1.82, 2.24) is 15.0 Å². The number of halogens is 2. The maximum atomic E-state index is 12.6. The van der Waals surface area contributed by atoms with Crippen LogP contribution in [0.3, 0.4) is 0 Å². The summed E-state index contributed by atoms with van der Waals surface area (Å²) in [5, 5.41) is 11.6. The number of benzene rings is 2. The van der Waals surface area contributed by atoms with Crippen molar-refractivity contribution in [2.75, 3.05) is 12.4 Å². The molecule has 1 aromatic heterocycles. The van der Waals surface area contributed by atoms with Gasteiger partial charge in [0, 0.05) is 12.8 Å². The molecule has 1 N–H and O–H groups in total. The van der Waals surface area contributed by atoms with E-state index in [1.807, 2.05) is 30.3 Å². The molecular weight excluding hydrogens is 363 g/mol. The largest absolute Gasteiger partial charge is 0.378 e. The standard InChI is InChI=1S/C17H14Cl2N4O2/c1-25-10-15-16(21-22-23(15)12-5-3-2-4-6-12)17(24)20-11-7-8-13(18)14(19)9-11/h2-9H,10H2,1H3,(H,20,24). The summed E-state index contributed by atoms with van der Waals surface area (Å²) in [4.78, 5) is 12.6. The van der Waals surface area contributed by atoms with Gasteiger partial charge in [-0.3, -0.25) is 4.79 Å². The molecule has 25 heavy (non-hydrogen) atoms. The Morgan fingerprint density at radius 2 is 1.92 bits per heavy atom. The van der Waals surface area contributed by atoms with Crippen molar-refractivity contribution in [1.29, 1.82) is 0 Å². The molecule has 2 aromatic carbocycles. The molecular formula is C17H14Cl2N4O2. The van der Waals surface area contributed by atoms with Gasteiger partial charge in [-0.2, -0.15) is 0 Å². The number of carbonyl (C=O) groups is 1. The molecule has 0 aliphatic rings. The first kappa shape index (κ1) is 17.4. The van der Waals surface area contributed by atoms with Crippen LogP contribution in [0.25, 0.3) is 5.69 Å². The molecule has 3 rings (SSSR count). The predicted molar refractivity (Wildman–Crippen MR) is 96.5 cm³/mol. The summed E-state index contributed by atoms with van der Waals surface area (Å²) in [6, 6.07) is 14.2. The Labute approximate surface area is 154 Å². The second kappa shape index (κ2) is 7.65. The molecule has 0 aliphatic heterocycles. The molecule has 0 atom stereocenters. The number of ether oxygens (including phenoxy) is 1. The number of anilines is 1. The lowest BCUT2D eigenvalue weighted by Crippen LogP contribution is -2.16. The molecule has 0 fully saturated rings. The third-order valence-corrected chi connectivity index (χ3v) is 4.18. The van der Waals surface area contributed by atoms with Gasteiger partial charge in [0.15, 0.2) is 5.69 Å². The molecule has 3 aromatic rings. The first-order valence-electron chi connectivity index (χ1n) is 7.35. The minimum absolute atomic E-state index is 0.178. The van der Waals surface area contributed by atoms with E-state index in [9.17, 15) is 4.79 Å². The number of nitrogens with one attached hydrogen (secondary N) is 1. The van der Waals surface area contributed by atoms with Crippen LogP contribution in [0.2, 0.25) is 10.0 Å². The van der Waals surface area contributed by atoms with Crippen molar-refractivity contribution in [3.05, 3.63) is 70.0 Å². The molecule has 0 bridgehead atoms. The Balaban J connectivity index is 1.92. The number of amides is 1. The lowest BCUT2D eigenvalue weighted by Gasteiger charge is -2.08. The summed E-state index contributed by atoms with van der Waals surface area (Å²) in [7, 11) is 1.54. The molecule has 0 spiro atoms. The number of carbonyl (C=O) groups excluding carboxylic acids is 1. The van der Waals surface area contributed by atoms with Gasteiger partial charge in [-0.15, -0.1) is 5.10 Å². The lowest BCUT2D eigenvalue weighted by molar-refractivity contribution is 0.101. The highest BCUT2D eigenvalue weighted by Gasteiger charge is 2.21. The minimum atomic E-state index is -0.410. The van der Waals surface area contributed by atoms with Gasteiger partial charge in [-0.05, 0) is 30.3 Å². The van der Waals surface area contributed by atoms with Crippen molar-refractivity contribution in [2.24, 2.45) is 0 Å². The van der Waals surface area contributed by atoms with Crippen LogP contribution in [0, 0.1) is 0 Å². The average Bonchev–Trinajstić information content (AvgIpc) is 3.03. The maximum Gasteiger partial charge on any atom is 0.278 e. The van der Waals surface area contributed by atoms with Gasteiger partial charge in [0.05, 0.1) is 22.3 Å². The smallest absolute Gasteiger partial charge is 0.278 e. The number of hydrogen-bond donors (Lipinski definition) is 1. The molecule has 0 radical (unpaired) electrons. The summed E-state index contributed by atoms with van der Waals surface area (Å²) in [6.07, 6.45) is 0. The number of rotatable bonds is 5. The summed E-state index contributed by atoms with van der Waals surface area (Å²) >= 11 is 11.9. The quantitative estimate of drug-likeness (QED) is 0.731. The van der Waals surface area contributed by atoms with E-state index in [1.54, 1.807) is 30.0 Å². The van der Waals surface area contributed by atoms with Gasteiger partial charge < -0.3 is 10.1 Å². The Bertz CT molecular complexity index is 897. The Hall–Kier alpha value is -2.41. The highest BCUT2D eigenvalue weighted by molar-refractivity contribution is 6.42. The number of nitrogens with zero attached hydrogens (tertiary/aromatic N) is 3. The Kier molecular flexibility index (Phi) is 5.33. The highest BCUT2D eigenvalue weighted by Crippen LogP contribution is 2.25. The van der Waals surface area contributed by atoms with Crippen molar-refractivity contribution in [3.63, 3.8) is 0 Å². The third kappa shape index (κ3) is 3.82. The first-order chi connectivity index (χ1) is 12.1. The molecule has 1 amide bonds. The second-order valence-electron chi connectivity index (χ2n) is 5.15. The summed E-state index contributed by atoms with van der Waals surface area (Å²) in [5.74, 6) is -0.410. The zero-order chi connectivity index (χ0) is 17.8.